The highest BCUT2D eigenvalue weighted by Crippen LogP contribution is 2.23. The average Bonchev–Trinajstić information content (AvgIpc) is 2.62. The number of nitrogens with zero attached hydrogens (tertiary/aromatic N) is 3. The molecule has 24 heavy (non-hydrogen) atoms. The normalized spacial score (nSPS) is 9.96. The second-order valence-electron chi connectivity index (χ2n) is 4.67. The standard InChI is InChI=1S/C19H12N4O/c20-11-15(19(23)16(12-21)13-22)9-14-5-4-8-18(10-14)24-17-6-2-1-3-7-17/h1-10H,23H2/b15-9-. The second-order valence-corrected chi connectivity index (χ2v) is 4.67. The van der Waals surface area contributed by atoms with Crippen molar-refractivity contribution in [2.24, 2.45) is 5.73 Å². The Morgan fingerprint density at radius 1 is 0.875 bits per heavy atom. The molecule has 2 N–H and O–H groups in total. The van der Waals surface area contributed by atoms with Crippen molar-refractivity contribution in [2.75, 3.05) is 0 Å². The van der Waals surface area contributed by atoms with E-state index in [4.69, 9.17) is 21.0 Å². The lowest BCUT2D eigenvalue weighted by atomic mass is 10.1. The van der Waals surface area contributed by atoms with Crippen molar-refractivity contribution < 1.29 is 4.74 Å². The van der Waals surface area contributed by atoms with Gasteiger partial charge in [-0.05, 0) is 35.9 Å². The van der Waals surface area contributed by atoms with E-state index in [-0.39, 0.29) is 16.8 Å². The number of hydrogen-bond acceptors (Lipinski definition) is 5. The van der Waals surface area contributed by atoms with Crippen molar-refractivity contribution in [2.45, 2.75) is 0 Å². The maximum atomic E-state index is 9.22. The molecule has 0 atom stereocenters. The molecule has 114 valence electrons. The van der Waals surface area contributed by atoms with Crippen molar-refractivity contribution in [3.05, 3.63) is 77.0 Å². The summed E-state index contributed by atoms with van der Waals surface area (Å²) >= 11 is 0. The van der Waals surface area contributed by atoms with Gasteiger partial charge in [0.05, 0.1) is 11.3 Å². The van der Waals surface area contributed by atoms with E-state index >= 15 is 0 Å². The molecule has 5 heteroatoms. The zero-order chi connectivity index (χ0) is 17.4. The summed E-state index contributed by atoms with van der Waals surface area (Å²) in [6.45, 7) is 0. The average molecular weight is 312 g/mol. The summed E-state index contributed by atoms with van der Waals surface area (Å²) in [6.07, 6.45) is 1.50. The van der Waals surface area contributed by atoms with E-state index in [1.54, 1.807) is 36.4 Å². The molecule has 0 saturated heterocycles. The zero-order valence-electron chi connectivity index (χ0n) is 12.6. The van der Waals surface area contributed by atoms with E-state index in [9.17, 15) is 5.26 Å². The molecule has 0 saturated carbocycles. The minimum atomic E-state index is -0.292. The first-order valence-corrected chi connectivity index (χ1v) is 6.93. The Labute approximate surface area is 139 Å². The van der Waals surface area contributed by atoms with Gasteiger partial charge in [0.15, 0.2) is 5.57 Å². The SMILES string of the molecule is N#CC(C#N)=C(N)/C(C#N)=C\c1cccc(Oc2ccccc2)c1. The Hall–Kier alpha value is -4.01. The van der Waals surface area contributed by atoms with Crippen molar-refractivity contribution in [1.29, 1.82) is 15.8 Å². The lowest BCUT2D eigenvalue weighted by Gasteiger charge is -2.06. The van der Waals surface area contributed by atoms with Crippen LogP contribution in [0.2, 0.25) is 0 Å². The van der Waals surface area contributed by atoms with Gasteiger partial charge in [0.25, 0.3) is 0 Å². The molecular formula is C19H12N4O. The Bertz CT molecular complexity index is 906. The highest BCUT2D eigenvalue weighted by molar-refractivity contribution is 5.66. The molecule has 0 aliphatic heterocycles. The van der Waals surface area contributed by atoms with Gasteiger partial charge in [-0.2, -0.15) is 15.8 Å². The molecular weight excluding hydrogens is 300 g/mol. The van der Waals surface area contributed by atoms with Crippen LogP contribution in [0.3, 0.4) is 0 Å². The van der Waals surface area contributed by atoms with Crippen molar-refractivity contribution in [1.82, 2.24) is 0 Å². The first kappa shape index (κ1) is 16.4. The molecule has 5 nitrogen and oxygen atoms in total. The third-order valence-corrected chi connectivity index (χ3v) is 3.05. The highest BCUT2D eigenvalue weighted by Gasteiger charge is 2.08. The molecule has 0 aliphatic rings. The zero-order valence-corrected chi connectivity index (χ0v) is 12.6. The highest BCUT2D eigenvalue weighted by atomic mass is 16.5. The fraction of sp³-hybridized carbons (Fsp3) is 0. The predicted octanol–water partition coefficient (Wildman–Crippen LogP) is 3.65. The lowest BCUT2D eigenvalue weighted by molar-refractivity contribution is 0.482. The summed E-state index contributed by atoms with van der Waals surface area (Å²) < 4.78 is 5.72. The van der Waals surface area contributed by atoms with Crippen LogP contribution in [-0.2, 0) is 0 Å². The molecule has 0 fully saturated rings. The van der Waals surface area contributed by atoms with Gasteiger partial charge in [0, 0.05) is 0 Å². The Balaban J connectivity index is 2.35. The van der Waals surface area contributed by atoms with E-state index in [1.165, 1.54) is 6.08 Å². The van der Waals surface area contributed by atoms with E-state index in [1.807, 2.05) is 36.4 Å². The van der Waals surface area contributed by atoms with Crippen molar-refractivity contribution in [3.63, 3.8) is 0 Å². The Morgan fingerprint density at radius 3 is 2.17 bits per heavy atom. The summed E-state index contributed by atoms with van der Waals surface area (Å²) in [7, 11) is 0. The minimum absolute atomic E-state index is 0.0463. The first-order chi connectivity index (χ1) is 11.7. The van der Waals surface area contributed by atoms with Gasteiger partial charge >= 0.3 is 0 Å². The van der Waals surface area contributed by atoms with Crippen LogP contribution in [0.4, 0.5) is 0 Å². The van der Waals surface area contributed by atoms with Crippen LogP contribution in [0.5, 0.6) is 11.5 Å². The number of para-hydroxylation sites is 1. The fourth-order valence-electron chi connectivity index (χ4n) is 1.91. The minimum Gasteiger partial charge on any atom is -0.457 e. The number of hydrogen-bond donors (Lipinski definition) is 1. The van der Waals surface area contributed by atoms with Crippen molar-refractivity contribution in [3.8, 4) is 29.7 Å². The third-order valence-electron chi connectivity index (χ3n) is 3.05. The van der Waals surface area contributed by atoms with Crippen molar-refractivity contribution >= 4 is 6.08 Å². The number of nitriles is 3. The van der Waals surface area contributed by atoms with Gasteiger partial charge in [0.2, 0.25) is 0 Å². The molecule has 0 aliphatic carbocycles. The van der Waals surface area contributed by atoms with Crippen LogP contribution < -0.4 is 10.5 Å². The first-order valence-electron chi connectivity index (χ1n) is 6.93. The monoisotopic (exact) mass is 312 g/mol. The molecule has 2 rings (SSSR count). The van der Waals surface area contributed by atoms with Gasteiger partial charge in [0.1, 0.15) is 29.7 Å². The van der Waals surface area contributed by atoms with Gasteiger partial charge in [-0.15, -0.1) is 0 Å². The maximum absolute atomic E-state index is 9.22. The molecule has 0 radical (unpaired) electrons. The van der Waals surface area contributed by atoms with Gasteiger partial charge < -0.3 is 10.5 Å². The summed E-state index contributed by atoms with van der Waals surface area (Å²) in [4.78, 5) is 0. The van der Waals surface area contributed by atoms with E-state index in [0.717, 1.165) is 0 Å². The van der Waals surface area contributed by atoms with Crippen LogP contribution in [0.25, 0.3) is 6.08 Å². The molecule has 2 aromatic carbocycles. The number of rotatable bonds is 4. The number of nitrogens with two attached hydrogens (primary N) is 1. The second kappa shape index (κ2) is 7.84. The van der Waals surface area contributed by atoms with Gasteiger partial charge in [-0.3, -0.25) is 0 Å². The lowest BCUT2D eigenvalue weighted by Crippen LogP contribution is -2.03. The van der Waals surface area contributed by atoms with E-state index < -0.39 is 0 Å². The largest absolute Gasteiger partial charge is 0.457 e. The smallest absolute Gasteiger partial charge is 0.153 e. The Morgan fingerprint density at radius 2 is 1.54 bits per heavy atom. The summed E-state index contributed by atoms with van der Waals surface area (Å²) in [5, 5.41) is 26.9. The predicted molar refractivity (Wildman–Crippen MR) is 89.0 cm³/mol. The van der Waals surface area contributed by atoms with Crippen LogP contribution in [0, 0.1) is 34.0 Å². The van der Waals surface area contributed by atoms with Gasteiger partial charge in [-0.25, -0.2) is 0 Å². The van der Waals surface area contributed by atoms with Gasteiger partial charge in [-0.1, -0.05) is 30.3 Å². The molecule has 2 aromatic rings. The molecule has 0 heterocycles. The Kier molecular flexibility index (Phi) is 5.35. The van der Waals surface area contributed by atoms with E-state index in [2.05, 4.69) is 0 Å². The molecule has 0 unspecified atom stereocenters. The number of benzene rings is 2. The summed E-state index contributed by atoms with van der Waals surface area (Å²) in [5.41, 5.74) is 5.99. The fourth-order valence-corrected chi connectivity index (χ4v) is 1.91. The molecule has 0 amide bonds. The summed E-state index contributed by atoms with van der Waals surface area (Å²) in [5.74, 6) is 1.28. The quantitative estimate of drug-likeness (QED) is 0.685. The third kappa shape index (κ3) is 4.01. The molecule has 0 spiro atoms. The van der Waals surface area contributed by atoms with Crippen LogP contribution in [0.1, 0.15) is 5.56 Å². The topological polar surface area (TPSA) is 107 Å². The van der Waals surface area contributed by atoms with Crippen LogP contribution >= 0.6 is 0 Å². The number of ether oxygens (including phenoxy) is 1. The van der Waals surface area contributed by atoms with E-state index in [0.29, 0.717) is 17.1 Å². The molecule has 0 bridgehead atoms. The maximum Gasteiger partial charge on any atom is 0.153 e. The van der Waals surface area contributed by atoms with Crippen LogP contribution in [0.15, 0.2) is 71.4 Å². The molecule has 0 aromatic heterocycles. The summed E-state index contributed by atoms with van der Waals surface area (Å²) in [6, 6.07) is 21.6. The number of allylic oxidation sites excluding steroid dienone is 2. The van der Waals surface area contributed by atoms with Crippen LogP contribution in [-0.4, -0.2) is 0 Å².